The Labute approximate surface area is 73.4 Å². The van der Waals surface area contributed by atoms with Gasteiger partial charge in [-0.3, -0.25) is 7.91 Å². The van der Waals surface area contributed by atoms with E-state index in [-0.39, 0.29) is 5.91 Å². The topological polar surface area (TPSA) is 23.6 Å². The van der Waals surface area contributed by atoms with Gasteiger partial charge in [-0.15, -0.1) is 0 Å². The van der Waals surface area contributed by atoms with Crippen LogP contribution in [0.25, 0.3) is 0 Å². The summed E-state index contributed by atoms with van der Waals surface area (Å²) in [6, 6.07) is 0. The molecule has 1 aliphatic rings. The summed E-state index contributed by atoms with van der Waals surface area (Å²) < 4.78 is 3.40. The number of piperazine rings is 1. The molecule has 52 valence electrons. The van der Waals surface area contributed by atoms with Crippen LogP contribution < -0.4 is 0 Å². The maximum absolute atomic E-state index is 10.8. The van der Waals surface area contributed by atoms with Crippen molar-refractivity contribution in [2.24, 2.45) is 0 Å². The summed E-state index contributed by atoms with van der Waals surface area (Å²) in [4.78, 5) is 10.8. The lowest BCUT2D eigenvalue weighted by Gasteiger charge is -2.25. The second-order valence-corrected chi connectivity index (χ2v) is 3.60. The Kier molecular flexibility index (Phi) is 2.59. The van der Waals surface area contributed by atoms with E-state index in [1.807, 2.05) is 22.9 Å². The van der Waals surface area contributed by atoms with Crippen LogP contribution in [0.4, 0.5) is 0 Å². The molecule has 1 aliphatic heterocycles. The van der Waals surface area contributed by atoms with Crippen LogP contribution in [-0.4, -0.2) is 33.0 Å². The molecule has 0 aliphatic carbocycles. The van der Waals surface area contributed by atoms with Crippen molar-refractivity contribution in [2.45, 2.75) is 0 Å². The number of nitrogens with zero attached hydrogens (tertiary/aromatic N) is 2. The highest BCUT2D eigenvalue weighted by atomic mass is 127. The fraction of sp³-hybridized carbons (Fsp3) is 0.750. The quantitative estimate of drug-likeness (QED) is 0.384. The standard InChI is InChI=1S/C4H7IN2OS/c5-7-2-1-6(9)3-4(7)8/h9H,1-3H2. The monoisotopic (exact) mass is 258 g/mol. The molecule has 1 fully saturated rings. The number of carbonyl (C=O) groups is 1. The molecular weight excluding hydrogens is 251 g/mol. The Morgan fingerprint density at radius 1 is 1.56 bits per heavy atom. The van der Waals surface area contributed by atoms with Crippen LogP contribution in [-0.2, 0) is 4.79 Å². The van der Waals surface area contributed by atoms with E-state index in [0.717, 1.165) is 13.1 Å². The average Bonchev–Trinajstić information content (AvgIpc) is 1.80. The van der Waals surface area contributed by atoms with Crippen LogP contribution >= 0.6 is 35.7 Å². The maximum atomic E-state index is 10.8. The first-order chi connectivity index (χ1) is 4.20. The molecule has 5 heteroatoms. The normalized spacial score (nSPS) is 22.9. The number of carbonyl (C=O) groups excluding carboxylic acids is 1. The van der Waals surface area contributed by atoms with Gasteiger partial charge in [-0.1, -0.05) is 12.8 Å². The fourth-order valence-corrected chi connectivity index (χ4v) is 1.22. The number of rotatable bonds is 0. The van der Waals surface area contributed by atoms with Gasteiger partial charge in [0.25, 0.3) is 0 Å². The predicted molar refractivity (Wildman–Crippen MR) is 46.3 cm³/mol. The highest BCUT2D eigenvalue weighted by Gasteiger charge is 2.19. The van der Waals surface area contributed by atoms with Gasteiger partial charge in [0.05, 0.1) is 29.4 Å². The molecular formula is C4H7IN2OS. The second-order valence-electron chi connectivity index (χ2n) is 1.87. The van der Waals surface area contributed by atoms with Crippen LogP contribution in [0.3, 0.4) is 0 Å². The van der Waals surface area contributed by atoms with Crippen molar-refractivity contribution in [3.8, 4) is 0 Å². The van der Waals surface area contributed by atoms with E-state index >= 15 is 0 Å². The lowest BCUT2D eigenvalue weighted by atomic mass is 10.4. The van der Waals surface area contributed by atoms with Crippen LogP contribution in [0.1, 0.15) is 0 Å². The van der Waals surface area contributed by atoms with E-state index in [1.165, 1.54) is 0 Å². The maximum Gasteiger partial charge on any atom is 0.246 e. The largest absolute Gasteiger partial charge is 0.283 e. The van der Waals surface area contributed by atoms with Gasteiger partial charge in [0.1, 0.15) is 0 Å². The molecule has 0 radical (unpaired) electrons. The second kappa shape index (κ2) is 3.07. The summed E-state index contributed by atoms with van der Waals surface area (Å²) in [5, 5.41) is 0. The smallest absolute Gasteiger partial charge is 0.246 e. The van der Waals surface area contributed by atoms with Crippen LogP contribution in [0.2, 0.25) is 0 Å². The van der Waals surface area contributed by atoms with Gasteiger partial charge in [-0.2, -0.15) is 0 Å². The van der Waals surface area contributed by atoms with Crippen LogP contribution in [0.5, 0.6) is 0 Å². The molecule has 1 saturated heterocycles. The minimum absolute atomic E-state index is 0.136. The number of hydrogen-bond acceptors (Lipinski definition) is 3. The molecule has 0 aromatic heterocycles. The first kappa shape index (κ1) is 7.62. The number of hydrogen-bond donors (Lipinski definition) is 1. The molecule has 0 atom stereocenters. The van der Waals surface area contributed by atoms with Gasteiger partial charge >= 0.3 is 0 Å². The van der Waals surface area contributed by atoms with Gasteiger partial charge in [-0.25, -0.2) is 4.31 Å². The third-order valence-electron chi connectivity index (χ3n) is 1.14. The first-order valence-corrected chi connectivity index (χ1v) is 3.96. The molecule has 0 N–H and O–H groups in total. The Bertz CT molecular complexity index is 132. The SMILES string of the molecule is O=C1CN(S)CCN1I. The predicted octanol–water partition coefficient (Wildman–Crippen LogP) is 0.325. The summed E-state index contributed by atoms with van der Waals surface area (Å²) in [7, 11) is 0. The van der Waals surface area contributed by atoms with Crippen molar-refractivity contribution in [1.82, 2.24) is 7.42 Å². The van der Waals surface area contributed by atoms with Gasteiger partial charge in [0.2, 0.25) is 5.91 Å². The lowest BCUT2D eigenvalue weighted by molar-refractivity contribution is -0.127. The molecule has 0 unspecified atom stereocenters. The van der Waals surface area contributed by atoms with Crippen molar-refractivity contribution in [2.75, 3.05) is 19.6 Å². The Hall–Kier alpha value is 0.510. The molecule has 0 saturated carbocycles. The highest BCUT2D eigenvalue weighted by molar-refractivity contribution is 14.1. The van der Waals surface area contributed by atoms with Gasteiger partial charge in [-0.05, 0) is 0 Å². The van der Waals surface area contributed by atoms with E-state index in [4.69, 9.17) is 0 Å². The van der Waals surface area contributed by atoms with Crippen molar-refractivity contribution < 1.29 is 4.79 Å². The zero-order chi connectivity index (χ0) is 6.85. The molecule has 0 aromatic carbocycles. The molecule has 0 bridgehead atoms. The summed E-state index contributed by atoms with van der Waals surface area (Å²) in [5.41, 5.74) is 0. The lowest BCUT2D eigenvalue weighted by Crippen LogP contribution is -2.41. The molecule has 9 heavy (non-hydrogen) atoms. The fourth-order valence-electron chi connectivity index (χ4n) is 0.640. The van der Waals surface area contributed by atoms with E-state index in [0.29, 0.717) is 6.54 Å². The van der Waals surface area contributed by atoms with E-state index in [9.17, 15) is 4.79 Å². The molecule has 1 heterocycles. The molecule has 3 nitrogen and oxygen atoms in total. The zero-order valence-electron chi connectivity index (χ0n) is 4.75. The number of amides is 1. The molecule has 1 rings (SSSR count). The Morgan fingerprint density at radius 2 is 2.22 bits per heavy atom. The van der Waals surface area contributed by atoms with Gasteiger partial charge in [0.15, 0.2) is 0 Å². The van der Waals surface area contributed by atoms with Crippen LogP contribution in [0, 0.1) is 0 Å². The van der Waals surface area contributed by atoms with Crippen molar-refractivity contribution >= 4 is 41.6 Å². The van der Waals surface area contributed by atoms with E-state index < -0.39 is 0 Å². The van der Waals surface area contributed by atoms with Crippen molar-refractivity contribution in [1.29, 1.82) is 0 Å². The van der Waals surface area contributed by atoms with Crippen molar-refractivity contribution in [3.05, 3.63) is 0 Å². The summed E-state index contributed by atoms with van der Waals surface area (Å²) in [5.74, 6) is 0.136. The third-order valence-corrected chi connectivity index (χ3v) is 2.50. The Balaban J connectivity index is 2.44. The van der Waals surface area contributed by atoms with E-state index in [2.05, 4.69) is 12.8 Å². The van der Waals surface area contributed by atoms with Gasteiger partial charge < -0.3 is 0 Å². The zero-order valence-corrected chi connectivity index (χ0v) is 7.80. The summed E-state index contributed by atoms with van der Waals surface area (Å²) in [6.07, 6.45) is 0. The molecule has 1 amide bonds. The average molecular weight is 258 g/mol. The summed E-state index contributed by atoms with van der Waals surface area (Å²) >= 11 is 6.06. The number of thiol groups is 1. The first-order valence-electron chi connectivity index (χ1n) is 2.60. The van der Waals surface area contributed by atoms with E-state index in [1.54, 1.807) is 7.42 Å². The Morgan fingerprint density at radius 3 is 2.67 bits per heavy atom. The summed E-state index contributed by atoms with van der Waals surface area (Å²) in [6.45, 7) is 2.08. The molecule has 0 spiro atoms. The van der Waals surface area contributed by atoms with Crippen LogP contribution in [0.15, 0.2) is 0 Å². The minimum atomic E-state index is 0.136. The highest BCUT2D eigenvalue weighted by Crippen LogP contribution is 2.08. The van der Waals surface area contributed by atoms with Crippen molar-refractivity contribution in [3.63, 3.8) is 0 Å². The minimum Gasteiger partial charge on any atom is -0.283 e. The third kappa shape index (κ3) is 1.98. The van der Waals surface area contributed by atoms with Gasteiger partial charge in [0, 0.05) is 13.1 Å². The number of halogens is 1. The molecule has 0 aromatic rings.